The van der Waals surface area contributed by atoms with Crippen LogP contribution in [-0.4, -0.2) is 36.1 Å². The van der Waals surface area contributed by atoms with E-state index in [1.807, 2.05) is 12.4 Å². The van der Waals surface area contributed by atoms with Crippen LogP contribution in [0.2, 0.25) is 0 Å². The van der Waals surface area contributed by atoms with E-state index in [4.69, 9.17) is 0 Å². The van der Waals surface area contributed by atoms with Gasteiger partial charge < -0.3 is 5.32 Å². The van der Waals surface area contributed by atoms with Crippen molar-refractivity contribution < 1.29 is 0 Å². The molecule has 1 fully saturated rings. The van der Waals surface area contributed by atoms with Gasteiger partial charge >= 0.3 is 0 Å². The second kappa shape index (κ2) is 6.49. The molecular formula is C16H27N3. The van der Waals surface area contributed by atoms with Gasteiger partial charge in [-0.25, -0.2) is 0 Å². The number of pyridine rings is 1. The molecule has 0 aliphatic heterocycles. The number of rotatable bonds is 4. The Morgan fingerprint density at radius 2 is 1.95 bits per heavy atom. The Labute approximate surface area is 117 Å². The number of hydrogen-bond acceptors (Lipinski definition) is 3. The summed E-state index contributed by atoms with van der Waals surface area (Å²) in [5.74, 6) is 1.58. The molecule has 0 spiro atoms. The van der Waals surface area contributed by atoms with Crippen molar-refractivity contribution in [2.45, 2.75) is 45.3 Å². The van der Waals surface area contributed by atoms with E-state index in [0.717, 1.165) is 18.4 Å². The molecule has 0 radical (unpaired) electrons. The second-order valence-corrected chi connectivity index (χ2v) is 6.21. The standard InChI is InChI=1S/C16H27N3/c1-12-9-13(2)16(15(10-12)17-3)19(4)11-14-5-7-18-8-6-14/h5-8,12-13,15-17H,9-11H2,1-4H3. The van der Waals surface area contributed by atoms with Crippen LogP contribution in [0.15, 0.2) is 24.5 Å². The average molecular weight is 261 g/mol. The molecule has 0 aromatic carbocycles. The van der Waals surface area contributed by atoms with Crippen molar-refractivity contribution in [3.63, 3.8) is 0 Å². The molecular weight excluding hydrogens is 234 g/mol. The smallest absolute Gasteiger partial charge is 0.0275 e. The van der Waals surface area contributed by atoms with Crippen LogP contribution in [0.4, 0.5) is 0 Å². The van der Waals surface area contributed by atoms with Crippen LogP contribution in [0.1, 0.15) is 32.3 Å². The summed E-state index contributed by atoms with van der Waals surface area (Å²) in [7, 11) is 4.35. The fourth-order valence-corrected chi connectivity index (χ4v) is 3.75. The predicted octanol–water partition coefficient (Wildman–Crippen LogP) is 2.54. The fourth-order valence-electron chi connectivity index (χ4n) is 3.75. The molecule has 1 aromatic heterocycles. The van der Waals surface area contributed by atoms with Gasteiger partial charge in [0.2, 0.25) is 0 Å². The van der Waals surface area contributed by atoms with E-state index in [-0.39, 0.29) is 0 Å². The van der Waals surface area contributed by atoms with Gasteiger partial charge in [-0.3, -0.25) is 9.88 Å². The van der Waals surface area contributed by atoms with Gasteiger partial charge in [-0.05, 0) is 56.5 Å². The third kappa shape index (κ3) is 3.54. The minimum atomic E-state index is 0.602. The van der Waals surface area contributed by atoms with Crippen molar-refractivity contribution >= 4 is 0 Å². The van der Waals surface area contributed by atoms with Crippen LogP contribution >= 0.6 is 0 Å². The lowest BCUT2D eigenvalue weighted by atomic mass is 9.76. The van der Waals surface area contributed by atoms with E-state index in [9.17, 15) is 0 Å². The van der Waals surface area contributed by atoms with Gasteiger partial charge in [-0.1, -0.05) is 13.8 Å². The van der Waals surface area contributed by atoms with Crippen molar-refractivity contribution in [2.24, 2.45) is 11.8 Å². The molecule has 4 unspecified atom stereocenters. The van der Waals surface area contributed by atoms with Crippen LogP contribution in [-0.2, 0) is 6.54 Å². The van der Waals surface area contributed by atoms with Gasteiger partial charge in [0.15, 0.2) is 0 Å². The molecule has 1 N–H and O–H groups in total. The highest BCUT2D eigenvalue weighted by Crippen LogP contribution is 2.32. The van der Waals surface area contributed by atoms with Gasteiger partial charge in [-0.2, -0.15) is 0 Å². The number of likely N-dealkylation sites (N-methyl/N-ethyl adjacent to an activating group) is 2. The Bertz CT molecular complexity index is 379. The molecule has 1 saturated carbocycles. The Kier molecular flexibility index (Phi) is 4.94. The molecule has 106 valence electrons. The summed E-state index contributed by atoms with van der Waals surface area (Å²) in [5.41, 5.74) is 1.35. The van der Waals surface area contributed by atoms with Crippen LogP contribution in [0.3, 0.4) is 0 Å². The molecule has 2 rings (SSSR count). The molecule has 0 bridgehead atoms. The van der Waals surface area contributed by atoms with Crippen molar-refractivity contribution in [2.75, 3.05) is 14.1 Å². The summed E-state index contributed by atoms with van der Waals surface area (Å²) in [6.07, 6.45) is 6.38. The monoisotopic (exact) mass is 261 g/mol. The number of nitrogens with zero attached hydrogens (tertiary/aromatic N) is 2. The van der Waals surface area contributed by atoms with Crippen LogP contribution < -0.4 is 5.32 Å². The first-order valence-corrected chi connectivity index (χ1v) is 7.38. The lowest BCUT2D eigenvalue weighted by molar-refractivity contribution is 0.0786. The van der Waals surface area contributed by atoms with Crippen LogP contribution in [0.5, 0.6) is 0 Å². The molecule has 19 heavy (non-hydrogen) atoms. The number of aromatic nitrogens is 1. The maximum absolute atomic E-state index is 4.09. The molecule has 3 nitrogen and oxygen atoms in total. The quantitative estimate of drug-likeness (QED) is 0.903. The van der Waals surface area contributed by atoms with Crippen LogP contribution in [0.25, 0.3) is 0 Å². The fraction of sp³-hybridized carbons (Fsp3) is 0.688. The minimum Gasteiger partial charge on any atom is -0.315 e. The summed E-state index contributed by atoms with van der Waals surface area (Å²) in [5, 5.41) is 3.53. The normalized spacial score (nSPS) is 31.6. The highest BCUT2D eigenvalue weighted by Gasteiger charge is 2.35. The summed E-state index contributed by atoms with van der Waals surface area (Å²) in [6, 6.07) is 5.45. The van der Waals surface area contributed by atoms with E-state index in [2.05, 4.69) is 55.3 Å². The molecule has 0 saturated heterocycles. The van der Waals surface area contributed by atoms with E-state index >= 15 is 0 Å². The first kappa shape index (κ1) is 14.5. The molecule has 3 heteroatoms. The van der Waals surface area contributed by atoms with Gasteiger partial charge in [-0.15, -0.1) is 0 Å². The second-order valence-electron chi connectivity index (χ2n) is 6.21. The Hall–Kier alpha value is -0.930. The summed E-state index contributed by atoms with van der Waals surface area (Å²) >= 11 is 0. The van der Waals surface area contributed by atoms with E-state index < -0.39 is 0 Å². The molecule has 0 amide bonds. The van der Waals surface area contributed by atoms with Crippen molar-refractivity contribution in [3.05, 3.63) is 30.1 Å². The van der Waals surface area contributed by atoms with E-state index in [1.165, 1.54) is 18.4 Å². The highest BCUT2D eigenvalue weighted by molar-refractivity contribution is 5.10. The summed E-state index contributed by atoms with van der Waals surface area (Å²) in [4.78, 5) is 6.60. The first-order valence-electron chi connectivity index (χ1n) is 7.38. The molecule has 1 aliphatic rings. The van der Waals surface area contributed by atoms with Gasteiger partial charge in [0.25, 0.3) is 0 Å². The van der Waals surface area contributed by atoms with E-state index in [1.54, 1.807) is 0 Å². The SMILES string of the molecule is CNC1CC(C)CC(C)C1N(C)Cc1ccncc1. The zero-order valence-electron chi connectivity index (χ0n) is 12.6. The molecule has 1 aliphatic carbocycles. The molecule has 1 aromatic rings. The van der Waals surface area contributed by atoms with Crippen molar-refractivity contribution in [1.29, 1.82) is 0 Å². The Morgan fingerprint density at radius 1 is 1.26 bits per heavy atom. The molecule has 1 heterocycles. The average Bonchev–Trinajstić information content (AvgIpc) is 2.38. The van der Waals surface area contributed by atoms with E-state index in [0.29, 0.717) is 12.1 Å². The summed E-state index contributed by atoms with van der Waals surface area (Å²) in [6.45, 7) is 5.78. The lowest BCUT2D eigenvalue weighted by Crippen LogP contribution is -2.54. The zero-order chi connectivity index (χ0) is 13.8. The van der Waals surface area contributed by atoms with Crippen molar-refractivity contribution in [1.82, 2.24) is 15.2 Å². The first-order chi connectivity index (χ1) is 9.11. The zero-order valence-corrected chi connectivity index (χ0v) is 12.6. The topological polar surface area (TPSA) is 28.2 Å². The lowest BCUT2D eigenvalue weighted by Gasteiger charge is -2.44. The van der Waals surface area contributed by atoms with Crippen molar-refractivity contribution in [3.8, 4) is 0 Å². The number of hydrogen-bond donors (Lipinski definition) is 1. The maximum Gasteiger partial charge on any atom is 0.0275 e. The van der Waals surface area contributed by atoms with Gasteiger partial charge in [0, 0.05) is 31.0 Å². The Morgan fingerprint density at radius 3 is 2.58 bits per heavy atom. The van der Waals surface area contributed by atoms with Gasteiger partial charge in [0.05, 0.1) is 0 Å². The maximum atomic E-state index is 4.09. The van der Waals surface area contributed by atoms with Gasteiger partial charge in [0.1, 0.15) is 0 Å². The predicted molar refractivity (Wildman–Crippen MR) is 79.9 cm³/mol. The highest BCUT2D eigenvalue weighted by atomic mass is 15.2. The largest absolute Gasteiger partial charge is 0.315 e. The third-order valence-electron chi connectivity index (χ3n) is 4.49. The minimum absolute atomic E-state index is 0.602. The number of nitrogens with one attached hydrogen (secondary N) is 1. The summed E-state index contributed by atoms with van der Waals surface area (Å²) < 4.78 is 0. The van der Waals surface area contributed by atoms with Crippen LogP contribution in [0, 0.1) is 11.8 Å². The Balaban J connectivity index is 2.05. The molecule has 4 atom stereocenters. The third-order valence-corrected chi connectivity index (χ3v) is 4.49.